The highest BCUT2D eigenvalue weighted by atomic mass is 16.2. The smallest absolute Gasteiger partial charge is 0.225 e. The molecule has 0 aromatic carbocycles. The lowest BCUT2D eigenvalue weighted by atomic mass is 9.44. The number of hydrogen-bond acceptors (Lipinski definition) is 4. The van der Waals surface area contributed by atoms with Crippen LogP contribution >= 0.6 is 0 Å². The first-order chi connectivity index (χ1) is 13.0. The van der Waals surface area contributed by atoms with Crippen molar-refractivity contribution in [2.75, 3.05) is 0 Å². The van der Waals surface area contributed by atoms with Gasteiger partial charge in [0.15, 0.2) is 0 Å². The average molecular weight is 390 g/mol. The fourth-order valence-electron chi connectivity index (χ4n) is 8.35. The number of hydrogen-bond donors (Lipinski definition) is 4. The van der Waals surface area contributed by atoms with E-state index < -0.39 is 51.2 Å². The molecular formula is C20H30N4O4. The third-order valence-electron chi connectivity index (χ3n) is 9.46. The SMILES string of the molecule is CC(C1(C(N)=O)CC2CCC1(C(N)=O)C2)C1(C(N)=O)CC2CCC1(C(N)=O)C2. The van der Waals surface area contributed by atoms with Gasteiger partial charge in [-0.2, -0.15) is 0 Å². The lowest BCUT2D eigenvalue weighted by Crippen LogP contribution is -2.66. The number of nitrogens with two attached hydrogens (primary N) is 4. The Morgan fingerprint density at radius 2 is 1.04 bits per heavy atom. The summed E-state index contributed by atoms with van der Waals surface area (Å²) in [6.07, 6.45) is 4.36. The summed E-state index contributed by atoms with van der Waals surface area (Å²) >= 11 is 0. The summed E-state index contributed by atoms with van der Waals surface area (Å²) in [5, 5.41) is 0. The van der Waals surface area contributed by atoms with Crippen LogP contribution in [0.15, 0.2) is 0 Å². The number of fused-ring (bicyclic) bond motifs is 4. The summed E-state index contributed by atoms with van der Waals surface area (Å²) in [7, 11) is 0. The van der Waals surface area contributed by atoms with Crippen molar-refractivity contribution in [3.8, 4) is 0 Å². The molecule has 8 N–H and O–H groups in total. The van der Waals surface area contributed by atoms with Crippen molar-refractivity contribution >= 4 is 23.6 Å². The molecule has 4 aliphatic carbocycles. The van der Waals surface area contributed by atoms with Crippen molar-refractivity contribution < 1.29 is 19.2 Å². The molecule has 0 aliphatic heterocycles. The van der Waals surface area contributed by atoms with Gasteiger partial charge in [0, 0.05) is 0 Å². The van der Waals surface area contributed by atoms with Crippen LogP contribution in [0.4, 0.5) is 0 Å². The second kappa shape index (κ2) is 5.48. The summed E-state index contributed by atoms with van der Waals surface area (Å²) in [5.41, 5.74) is 18.9. The van der Waals surface area contributed by atoms with E-state index in [0.29, 0.717) is 38.5 Å². The quantitative estimate of drug-likeness (QED) is 0.497. The molecule has 4 saturated carbocycles. The third-order valence-corrected chi connectivity index (χ3v) is 9.46. The Morgan fingerprint density at radius 3 is 1.29 bits per heavy atom. The van der Waals surface area contributed by atoms with Crippen LogP contribution in [0.2, 0.25) is 0 Å². The van der Waals surface area contributed by atoms with E-state index in [1.54, 1.807) is 6.92 Å². The van der Waals surface area contributed by atoms with Gasteiger partial charge in [0.2, 0.25) is 23.6 Å². The van der Waals surface area contributed by atoms with Crippen LogP contribution in [-0.2, 0) is 19.2 Å². The Bertz CT molecular complexity index is 735. The minimum absolute atomic E-state index is 0.149. The fraction of sp³-hybridized carbons (Fsp3) is 0.800. The third kappa shape index (κ3) is 1.78. The maximum absolute atomic E-state index is 13.0. The summed E-state index contributed by atoms with van der Waals surface area (Å²) in [6.45, 7) is 1.77. The van der Waals surface area contributed by atoms with Gasteiger partial charge in [0.05, 0.1) is 21.7 Å². The molecule has 4 bridgehead atoms. The zero-order valence-corrected chi connectivity index (χ0v) is 16.3. The van der Waals surface area contributed by atoms with Gasteiger partial charge in [0.25, 0.3) is 0 Å². The standard InChI is InChI=1S/C20H30N4O4/c1-10(19(15(23)27)8-11-2-4-17(19,6-11)13(21)25)20(16(24)28)9-12-3-5-18(20,7-12)14(22)26/h10-12H,2-9H2,1H3,(H2,21,25)(H2,22,26)(H2,23,27)(H2,24,28). The zero-order chi connectivity index (χ0) is 20.7. The van der Waals surface area contributed by atoms with Crippen LogP contribution < -0.4 is 22.9 Å². The van der Waals surface area contributed by atoms with E-state index in [-0.39, 0.29) is 11.8 Å². The minimum atomic E-state index is -1.29. The maximum Gasteiger partial charge on any atom is 0.225 e. The first kappa shape index (κ1) is 19.2. The lowest BCUT2D eigenvalue weighted by Gasteiger charge is -2.56. The first-order valence-corrected chi connectivity index (χ1v) is 10.2. The molecule has 0 radical (unpaired) electrons. The van der Waals surface area contributed by atoms with E-state index in [4.69, 9.17) is 22.9 Å². The Labute approximate surface area is 164 Å². The van der Waals surface area contributed by atoms with Gasteiger partial charge in [-0.05, 0) is 69.1 Å². The van der Waals surface area contributed by atoms with Gasteiger partial charge in [-0.15, -0.1) is 0 Å². The van der Waals surface area contributed by atoms with Gasteiger partial charge in [-0.1, -0.05) is 6.92 Å². The maximum atomic E-state index is 13.0. The highest BCUT2D eigenvalue weighted by Crippen LogP contribution is 2.75. The number of carbonyl (C=O) groups is 4. The van der Waals surface area contributed by atoms with Gasteiger partial charge < -0.3 is 22.9 Å². The molecule has 4 amide bonds. The number of amides is 4. The van der Waals surface area contributed by atoms with Crippen LogP contribution in [-0.4, -0.2) is 23.6 Å². The Balaban J connectivity index is 1.94. The molecule has 154 valence electrons. The second-order valence-corrected chi connectivity index (χ2v) is 9.91. The van der Waals surface area contributed by atoms with Crippen LogP contribution in [0.3, 0.4) is 0 Å². The van der Waals surface area contributed by atoms with E-state index in [9.17, 15) is 19.2 Å². The molecule has 8 heteroatoms. The van der Waals surface area contributed by atoms with Crippen molar-refractivity contribution in [3.63, 3.8) is 0 Å². The van der Waals surface area contributed by atoms with Crippen molar-refractivity contribution in [3.05, 3.63) is 0 Å². The summed E-state index contributed by atoms with van der Waals surface area (Å²) < 4.78 is 0. The molecule has 0 aromatic rings. The highest BCUT2D eigenvalue weighted by Gasteiger charge is 2.78. The van der Waals surface area contributed by atoms with Crippen LogP contribution in [0.5, 0.6) is 0 Å². The molecule has 0 aromatic heterocycles. The van der Waals surface area contributed by atoms with Crippen LogP contribution in [0.1, 0.15) is 58.3 Å². The van der Waals surface area contributed by atoms with E-state index >= 15 is 0 Å². The Kier molecular flexibility index (Phi) is 3.76. The van der Waals surface area contributed by atoms with E-state index in [1.807, 2.05) is 0 Å². The van der Waals surface area contributed by atoms with Gasteiger partial charge in [-0.25, -0.2) is 0 Å². The summed E-state index contributed by atoms with van der Waals surface area (Å²) in [5.74, 6) is -2.73. The molecule has 0 heterocycles. The lowest BCUT2D eigenvalue weighted by molar-refractivity contribution is -0.174. The van der Waals surface area contributed by atoms with Gasteiger partial charge in [-0.3, -0.25) is 19.2 Å². The molecule has 6 atom stereocenters. The monoisotopic (exact) mass is 390 g/mol. The minimum Gasteiger partial charge on any atom is -0.369 e. The van der Waals surface area contributed by atoms with Gasteiger partial charge in [0.1, 0.15) is 0 Å². The molecule has 28 heavy (non-hydrogen) atoms. The largest absolute Gasteiger partial charge is 0.369 e. The Morgan fingerprint density at radius 1 is 0.679 bits per heavy atom. The van der Waals surface area contributed by atoms with Crippen molar-refractivity contribution in [1.29, 1.82) is 0 Å². The van der Waals surface area contributed by atoms with E-state index in [2.05, 4.69) is 0 Å². The highest BCUT2D eigenvalue weighted by molar-refractivity contribution is 5.97. The van der Waals surface area contributed by atoms with Crippen molar-refractivity contribution in [2.24, 2.45) is 62.3 Å². The summed E-state index contributed by atoms with van der Waals surface area (Å²) in [4.78, 5) is 51.4. The predicted octanol–water partition coefficient (Wildman–Crippen LogP) is -0.0831. The molecule has 0 saturated heterocycles. The molecule has 6 unspecified atom stereocenters. The van der Waals surface area contributed by atoms with Crippen molar-refractivity contribution in [2.45, 2.75) is 58.3 Å². The molecule has 8 nitrogen and oxygen atoms in total. The second-order valence-electron chi connectivity index (χ2n) is 9.91. The first-order valence-electron chi connectivity index (χ1n) is 10.2. The van der Waals surface area contributed by atoms with Crippen LogP contribution in [0, 0.1) is 39.4 Å². The number of primary amides is 4. The van der Waals surface area contributed by atoms with E-state index in [0.717, 1.165) is 12.8 Å². The Hall–Kier alpha value is -2.12. The average Bonchev–Trinajstić information content (AvgIpc) is 3.37. The zero-order valence-electron chi connectivity index (χ0n) is 16.3. The van der Waals surface area contributed by atoms with Crippen molar-refractivity contribution in [1.82, 2.24) is 0 Å². The van der Waals surface area contributed by atoms with Crippen LogP contribution in [0.25, 0.3) is 0 Å². The number of rotatable bonds is 6. The topological polar surface area (TPSA) is 172 Å². The molecule has 0 spiro atoms. The summed E-state index contributed by atoms with van der Waals surface area (Å²) in [6, 6.07) is 0. The fourth-order valence-corrected chi connectivity index (χ4v) is 8.35. The normalized spacial score (nSPS) is 47.2. The van der Waals surface area contributed by atoms with Gasteiger partial charge >= 0.3 is 0 Å². The number of carbonyl (C=O) groups excluding carboxylic acids is 4. The molecule has 4 rings (SSSR count). The molecular weight excluding hydrogens is 360 g/mol. The molecule has 4 aliphatic rings. The van der Waals surface area contributed by atoms with E-state index in [1.165, 1.54) is 0 Å². The predicted molar refractivity (Wildman–Crippen MR) is 99.6 cm³/mol. The molecule has 4 fully saturated rings.